The van der Waals surface area contributed by atoms with Crippen molar-refractivity contribution in [3.63, 3.8) is 0 Å². The highest BCUT2D eigenvalue weighted by molar-refractivity contribution is 5.98. The van der Waals surface area contributed by atoms with Crippen LogP contribution in [0.2, 0.25) is 0 Å². The van der Waals surface area contributed by atoms with Crippen LogP contribution in [-0.2, 0) is 0 Å². The number of benzene rings is 1. The lowest BCUT2D eigenvalue weighted by atomic mass is 10.0. The number of carbonyl (C=O) groups is 1. The summed E-state index contributed by atoms with van der Waals surface area (Å²) in [6.07, 6.45) is 2.83. The highest BCUT2D eigenvalue weighted by atomic mass is 16.3. The zero-order valence-corrected chi connectivity index (χ0v) is 10.4. The zero-order valence-electron chi connectivity index (χ0n) is 10.4. The van der Waals surface area contributed by atoms with Gasteiger partial charge in [-0.2, -0.15) is 0 Å². The number of Topliss-reactive ketones (excluding diaryl/α,β-unsaturated/α-hetero) is 1. The van der Waals surface area contributed by atoms with Gasteiger partial charge in [0.05, 0.1) is 0 Å². The molecule has 4 nitrogen and oxygen atoms in total. The monoisotopic (exact) mass is 244 g/mol. The van der Waals surface area contributed by atoms with Gasteiger partial charge < -0.3 is 9.73 Å². The number of hydrogen-bond donors (Lipinski definition) is 1. The molecule has 1 N–H and O–H groups in total. The Morgan fingerprint density at radius 2 is 2.44 bits per heavy atom. The molecule has 0 amide bonds. The van der Waals surface area contributed by atoms with Crippen LogP contribution in [-0.4, -0.2) is 23.4 Å². The van der Waals surface area contributed by atoms with Crippen molar-refractivity contribution in [2.24, 2.45) is 0 Å². The smallest absolute Gasteiger partial charge is 0.192 e. The van der Waals surface area contributed by atoms with E-state index in [4.69, 9.17) is 4.42 Å². The van der Waals surface area contributed by atoms with Crippen molar-refractivity contribution < 1.29 is 9.21 Å². The van der Waals surface area contributed by atoms with Crippen molar-refractivity contribution in [3.05, 3.63) is 29.7 Å². The number of oxazole rings is 1. The topological polar surface area (TPSA) is 55.1 Å². The van der Waals surface area contributed by atoms with E-state index in [0.717, 1.165) is 24.9 Å². The summed E-state index contributed by atoms with van der Waals surface area (Å²) in [4.78, 5) is 16.4. The van der Waals surface area contributed by atoms with E-state index in [2.05, 4.69) is 10.3 Å². The molecule has 0 saturated carbocycles. The predicted molar refractivity (Wildman–Crippen MR) is 68.7 cm³/mol. The van der Waals surface area contributed by atoms with Gasteiger partial charge in [0.15, 0.2) is 17.3 Å². The first-order chi connectivity index (χ1) is 8.72. The van der Waals surface area contributed by atoms with Gasteiger partial charge in [-0.3, -0.25) is 4.79 Å². The second-order valence-corrected chi connectivity index (χ2v) is 4.84. The Morgan fingerprint density at radius 3 is 3.22 bits per heavy atom. The second kappa shape index (κ2) is 4.53. The Morgan fingerprint density at radius 1 is 1.56 bits per heavy atom. The Hall–Kier alpha value is -1.68. The lowest BCUT2D eigenvalue weighted by Gasteiger charge is -2.08. The van der Waals surface area contributed by atoms with Gasteiger partial charge in [-0.1, -0.05) is 0 Å². The van der Waals surface area contributed by atoms with Crippen molar-refractivity contribution in [1.29, 1.82) is 0 Å². The first-order valence-corrected chi connectivity index (χ1v) is 6.36. The molecule has 0 bridgehead atoms. The predicted octanol–water partition coefficient (Wildman–Crippen LogP) is 2.46. The summed E-state index contributed by atoms with van der Waals surface area (Å²) in [6, 6.07) is 5.82. The first kappa shape index (κ1) is 11.4. The Balaban J connectivity index is 1.81. The number of fused-ring (bicyclic) bond motifs is 1. The number of carbonyl (C=O) groups excluding carboxylic acids is 1. The van der Waals surface area contributed by atoms with Gasteiger partial charge in [0.1, 0.15) is 5.52 Å². The molecule has 3 rings (SSSR count). The molecule has 4 heteroatoms. The van der Waals surface area contributed by atoms with Crippen LogP contribution < -0.4 is 5.32 Å². The number of aromatic nitrogens is 1. The van der Waals surface area contributed by atoms with Gasteiger partial charge in [-0.25, -0.2) is 4.98 Å². The Bertz CT molecular complexity index is 582. The lowest BCUT2D eigenvalue weighted by Crippen LogP contribution is -2.24. The number of nitrogens with one attached hydrogen (secondary N) is 1. The van der Waals surface area contributed by atoms with Crippen LogP contribution in [0.3, 0.4) is 0 Å². The third-order valence-corrected chi connectivity index (χ3v) is 3.41. The van der Waals surface area contributed by atoms with Crippen LogP contribution in [0.15, 0.2) is 22.6 Å². The molecule has 1 saturated heterocycles. The van der Waals surface area contributed by atoms with Crippen molar-refractivity contribution in [2.45, 2.75) is 32.2 Å². The largest absolute Gasteiger partial charge is 0.441 e. The quantitative estimate of drug-likeness (QED) is 0.843. The molecule has 94 valence electrons. The SMILES string of the molecule is Cc1nc2ccc(C(=O)CC3CCCN3)cc2o1. The Labute approximate surface area is 105 Å². The minimum Gasteiger partial charge on any atom is -0.441 e. The summed E-state index contributed by atoms with van der Waals surface area (Å²) in [7, 11) is 0. The third-order valence-electron chi connectivity index (χ3n) is 3.41. The summed E-state index contributed by atoms with van der Waals surface area (Å²) in [5.41, 5.74) is 2.22. The van der Waals surface area contributed by atoms with Crippen LogP contribution >= 0.6 is 0 Å². The standard InChI is InChI=1S/C14H16N2O2/c1-9-16-12-5-4-10(7-14(12)18-9)13(17)8-11-3-2-6-15-11/h4-5,7,11,15H,2-3,6,8H2,1H3. The van der Waals surface area contributed by atoms with Crippen LogP contribution in [0, 0.1) is 6.92 Å². The molecule has 1 aliphatic rings. The lowest BCUT2D eigenvalue weighted by molar-refractivity contribution is 0.0971. The highest BCUT2D eigenvalue weighted by Crippen LogP contribution is 2.19. The molecule has 1 aliphatic heterocycles. The molecule has 1 atom stereocenters. The first-order valence-electron chi connectivity index (χ1n) is 6.36. The maximum Gasteiger partial charge on any atom is 0.192 e. The van der Waals surface area contributed by atoms with E-state index < -0.39 is 0 Å². The van der Waals surface area contributed by atoms with Crippen LogP contribution in [0.5, 0.6) is 0 Å². The summed E-state index contributed by atoms with van der Waals surface area (Å²) in [5.74, 6) is 0.803. The van der Waals surface area contributed by atoms with E-state index in [1.54, 1.807) is 6.07 Å². The molecule has 1 aromatic carbocycles. The van der Waals surface area contributed by atoms with Crippen LogP contribution in [0.1, 0.15) is 35.5 Å². The average molecular weight is 244 g/mol. The van der Waals surface area contributed by atoms with E-state index in [-0.39, 0.29) is 5.78 Å². The number of aryl methyl sites for hydroxylation is 1. The third kappa shape index (κ3) is 2.16. The summed E-state index contributed by atoms with van der Waals surface area (Å²) >= 11 is 0. The molecule has 0 spiro atoms. The van der Waals surface area contributed by atoms with Gasteiger partial charge in [-0.15, -0.1) is 0 Å². The van der Waals surface area contributed by atoms with Crippen LogP contribution in [0.4, 0.5) is 0 Å². The zero-order chi connectivity index (χ0) is 12.5. The fourth-order valence-electron chi connectivity index (χ4n) is 2.49. The molecule has 2 aromatic rings. The average Bonchev–Trinajstić information content (AvgIpc) is 2.95. The maximum absolute atomic E-state index is 12.1. The molecular formula is C14H16N2O2. The fourth-order valence-corrected chi connectivity index (χ4v) is 2.49. The Kier molecular flexibility index (Phi) is 2.88. The van der Waals surface area contributed by atoms with E-state index in [9.17, 15) is 4.79 Å². The molecule has 18 heavy (non-hydrogen) atoms. The van der Waals surface area contributed by atoms with Crippen LogP contribution in [0.25, 0.3) is 11.1 Å². The number of rotatable bonds is 3. The van der Waals surface area contributed by atoms with E-state index in [1.807, 2.05) is 19.1 Å². The number of ketones is 1. The fraction of sp³-hybridized carbons (Fsp3) is 0.429. The minimum absolute atomic E-state index is 0.172. The van der Waals surface area contributed by atoms with Crippen molar-refractivity contribution in [1.82, 2.24) is 10.3 Å². The molecule has 2 heterocycles. The number of nitrogens with zero attached hydrogens (tertiary/aromatic N) is 1. The molecule has 0 radical (unpaired) electrons. The van der Waals surface area contributed by atoms with E-state index in [0.29, 0.717) is 29.5 Å². The molecule has 0 aliphatic carbocycles. The van der Waals surface area contributed by atoms with Crippen molar-refractivity contribution in [3.8, 4) is 0 Å². The molecule has 1 fully saturated rings. The van der Waals surface area contributed by atoms with E-state index in [1.165, 1.54) is 0 Å². The second-order valence-electron chi connectivity index (χ2n) is 4.84. The summed E-state index contributed by atoms with van der Waals surface area (Å²) in [6.45, 7) is 2.84. The highest BCUT2D eigenvalue weighted by Gasteiger charge is 2.19. The van der Waals surface area contributed by atoms with Gasteiger partial charge >= 0.3 is 0 Å². The van der Waals surface area contributed by atoms with Gasteiger partial charge in [0.25, 0.3) is 0 Å². The normalized spacial score (nSPS) is 19.5. The maximum atomic E-state index is 12.1. The van der Waals surface area contributed by atoms with Crippen molar-refractivity contribution >= 4 is 16.9 Å². The van der Waals surface area contributed by atoms with Crippen molar-refractivity contribution in [2.75, 3.05) is 6.54 Å². The molecular weight excluding hydrogens is 228 g/mol. The van der Waals surface area contributed by atoms with Gasteiger partial charge in [-0.05, 0) is 37.6 Å². The summed E-state index contributed by atoms with van der Waals surface area (Å²) in [5, 5.41) is 3.34. The van der Waals surface area contributed by atoms with Gasteiger partial charge in [0, 0.05) is 24.9 Å². The minimum atomic E-state index is 0.172. The molecule has 1 unspecified atom stereocenters. The van der Waals surface area contributed by atoms with E-state index >= 15 is 0 Å². The number of hydrogen-bond acceptors (Lipinski definition) is 4. The van der Waals surface area contributed by atoms with Gasteiger partial charge in [0.2, 0.25) is 0 Å². The molecule has 1 aromatic heterocycles. The summed E-state index contributed by atoms with van der Waals surface area (Å²) < 4.78 is 5.45.